The van der Waals surface area contributed by atoms with Gasteiger partial charge in [-0.2, -0.15) is 5.10 Å². The second-order valence-corrected chi connectivity index (χ2v) is 8.81. The first-order chi connectivity index (χ1) is 15.8. The van der Waals surface area contributed by atoms with Gasteiger partial charge in [0.2, 0.25) is 0 Å². The molecule has 8 nitrogen and oxygen atoms in total. The van der Waals surface area contributed by atoms with Gasteiger partial charge in [-0.3, -0.25) is 4.90 Å². The fourth-order valence-corrected chi connectivity index (χ4v) is 4.18. The van der Waals surface area contributed by atoms with Gasteiger partial charge in [0.15, 0.2) is 11.3 Å². The van der Waals surface area contributed by atoms with Gasteiger partial charge in [0, 0.05) is 18.7 Å². The van der Waals surface area contributed by atoms with Crippen LogP contribution in [0.5, 0.6) is 5.75 Å². The summed E-state index contributed by atoms with van der Waals surface area (Å²) >= 11 is 0. The second kappa shape index (κ2) is 9.44. The Balaban J connectivity index is 1.81. The lowest BCUT2D eigenvalue weighted by Gasteiger charge is -2.38. The Hall–Kier alpha value is -3.04. The minimum Gasteiger partial charge on any atom is -0.491 e. The van der Waals surface area contributed by atoms with E-state index in [9.17, 15) is 14.3 Å². The maximum Gasteiger partial charge on any atom is 0.354 e. The number of morpholine rings is 1. The number of carboxylic acid groups (broad SMARTS) is 1. The van der Waals surface area contributed by atoms with Gasteiger partial charge in [-0.1, -0.05) is 13.8 Å². The van der Waals surface area contributed by atoms with E-state index in [1.165, 1.54) is 18.2 Å². The molecule has 1 aromatic carbocycles. The zero-order chi connectivity index (χ0) is 23.7. The molecule has 1 atom stereocenters. The molecule has 2 aromatic heterocycles. The highest BCUT2D eigenvalue weighted by Gasteiger charge is 2.28. The topological polar surface area (TPSA) is 89.7 Å². The third-order valence-electron chi connectivity index (χ3n) is 5.83. The molecule has 33 heavy (non-hydrogen) atoms. The summed E-state index contributed by atoms with van der Waals surface area (Å²) < 4.78 is 27.0. The first kappa shape index (κ1) is 23.1. The van der Waals surface area contributed by atoms with E-state index in [0.29, 0.717) is 48.3 Å². The number of pyridine rings is 1. The number of benzene rings is 1. The predicted octanol–water partition coefficient (Wildman–Crippen LogP) is 3.87. The van der Waals surface area contributed by atoms with Gasteiger partial charge in [-0.05, 0) is 44.0 Å². The van der Waals surface area contributed by atoms with Crippen LogP contribution in [0, 0.1) is 5.82 Å². The second-order valence-electron chi connectivity index (χ2n) is 8.81. The molecule has 0 bridgehead atoms. The number of rotatable bonds is 7. The van der Waals surface area contributed by atoms with Crippen LogP contribution >= 0.6 is 0 Å². The lowest BCUT2D eigenvalue weighted by molar-refractivity contribution is -0.0370. The number of carbonyl (C=O) groups is 1. The summed E-state index contributed by atoms with van der Waals surface area (Å²) in [6.07, 6.45) is 0. The lowest BCUT2D eigenvalue weighted by Crippen LogP contribution is -2.51. The van der Waals surface area contributed by atoms with Crippen molar-refractivity contribution in [1.82, 2.24) is 19.7 Å². The molecule has 0 radical (unpaired) electrons. The van der Waals surface area contributed by atoms with Crippen LogP contribution in [0.1, 0.15) is 49.8 Å². The summed E-state index contributed by atoms with van der Waals surface area (Å²) in [7, 11) is 0. The Morgan fingerprint density at radius 3 is 2.64 bits per heavy atom. The van der Waals surface area contributed by atoms with E-state index in [1.807, 2.05) is 13.8 Å². The largest absolute Gasteiger partial charge is 0.491 e. The van der Waals surface area contributed by atoms with Crippen molar-refractivity contribution in [3.8, 4) is 11.4 Å². The van der Waals surface area contributed by atoms with Gasteiger partial charge in [0.25, 0.3) is 0 Å². The van der Waals surface area contributed by atoms with Crippen molar-refractivity contribution < 1.29 is 23.8 Å². The number of aromatic nitrogens is 3. The fourth-order valence-electron chi connectivity index (χ4n) is 4.18. The molecule has 0 amide bonds. The standard InChI is InChI=1S/C24H29FN4O4/c1-14(2)22-21-20(33-13-18-12-32-10-9-28(18)15(3)4)11-19(24(30)31)26-23(21)29(27-22)17-7-5-16(25)6-8-17/h5-8,11,14-15,18H,9-10,12-13H2,1-4H3,(H,30,31). The number of fused-ring (bicyclic) bond motifs is 1. The number of halogens is 1. The maximum absolute atomic E-state index is 13.5. The highest BCUT2D eigenvalue weighted by molar-refractivity contribution is 5.94. The van der Waals surface area contributed by atoms with Gasteiger partial charge in [-0.15, -0.1) is 0 Å². The zero-order valence-electron chi connectivity index (χ0n) is 19.3. The quantitative estimate of drug-likeness (QED) is 0.577. The molecule has 0 spiro atoms. The van der Waals surface area contributed by atoms with Crippen molar-refractivity contribution in [2.75, 3.05) is 26.4 Å². The molecule has 1 aliphatic heterocycles. The van der Waals surface area contributed by atoms with Crippen molar-refractivity contribution >= 4 is 17.0 Å². The SMILES string of the molecule is CC(C)c1nn(-c2ccc(F)cc2)c2nc(C(=O)O)cc(OCC3COCCN3C(C)C)c12. The Morgan fingerprint density at radius 2 is 2.00 bits per heavy atom. The minimum absolute atomic E-state index is 0.0270. The van der Waals surface area contributed by atoms with Crippen LogP contribution < -0.4 is 4.74 Å². The van der Waals surface area contributed by atoms with Crippen LogP contribution in [0.2, 0.25) is 0 Å². The Bertz CT molecular complexity index is 1140. The molecule has 3 aromatic rings. The van der Waals surface area contributed by atoms with Crippen molar-refractivity contribution in [3.05, 3.63) is 47.5 Å². The van der Waals surface area contributed by atoms with Crippen LogP contribution in [-0.2, 0) is 4.74 Å². The molecule has 1 N–H and O–H groups in total. The van der Waals surface area contributed by atoms with E-state index in [1.54, 1.807) is 16.8 Å². The number of aromatic carboxylic acids is 1. The molecule has 1 aliphatic rings. The Labute approximate surface area is 191 Å². The van der Waals surface area contributed by atoms with E-state index >= 15 is 0 Å². The van der Waals surface area contributed by atoms with E-state index in [-0.39, 0.29) is 23.5 Å². The summed E-state index contributed by atoms with van der Waals surface area (Å²) in [5, 5.41) is 15.1. The van der Waals surface area contributed by atoms with Crippen molar-refractivity contribution in [2.24, 2.45) is 0 Å². The summed E-state index contributed by atoms with van der Waals surface area (Å²) in [4.78, 5) is 18.5. The number of hydrogen-bond acceptors (Lipinski definition) is 6. The molecule has 4 rings (SSSR count). The monoisotopic (exact) mass is 456 g/mol. The zero-order valence-corrected chi connectivity index (χ0v) is 19.3. The molecule has 1 saturated heterocycles. The normalized spacial score (nSPS) is 17.2. The lowest BCUT2D eigenvalue weighted by atomic mass is 10.1. The summed E-state index contributed by atoms with van der Waals surface area (Å²) in [5.41, 5.74) is 1.54. The fraction of sp³-hybridized carbons (Fsp3) is 0.458. The number of ether oxygens (including phenoxy) is 2. The maximum atomic E-state index is 13.5. The molecule has 0 aliphatic carbocycles. The Kier molecular flexibility index (Phi) is 6.62. The van der Waals surface area contributed by atoms with Gasteiger partial charge in [-0.25, -0.2) is 18.9 Å². The third-order valence-corrected chi connectivity index (χ3v) is 5.83. The van der Waals surface area contributed by atoms with Crippen LogP contribution in [0.4, 0.5) is 4.39 Å². The number of nitrogens with zero attached hydrogens (tertiary/aromatic N) is 4. The van der Waals surface area contributed by atoms with Crippen molar-refractivity contribution in [1.29, 1.82) is 0 Å². The van der Waals surface area contributed by atoms with Crippen molar-refractivity contribution in [3.63, 3.8) is 0 Å². The Morgan fingerprint density at radius 1 is 1.27 bits per heavy atom. The highest BCUT2D eigenvalue weighted by atomic mass is 19.1. The first-order valence-corrected chi connectivity index (χ1v) is 11.2. The molecular formula is C24H29FN4O4. The van der Waals surface area contributed by atoms with E-state index in [0.717, 1.165) is 12.2 Å². The minimum atomic E-state index is -1.16. The summed E-state index contributed by atoms with van der Waals surface area (Å²) in [6.45, 7) is 10.7. The van der Waals surface area contributed by atoms with Crippen LogP contribution in [0.15, 0.2) is 30.3 Å². The molecular weight excluding hydrogens is 427 g/mol. The van der Waals surface area contributed by atoms with Crippen LogP contribution in [0.25, 0.3) is 16.7 Å². The van der Waals surface area contributed by atoms with Gasteiger partial charge < -0.3 is 14.6 Å². The number of hydrogen-bond donors (Lipinski definition) is 1. The predicted molar refractivity (Wildman–Crippen MR) is 122 cm³/mol. The molecule has 9 heteroatoms. The van der Waals surface area contributed by atoms with Crippen LogP contribution in [-0.4, -0.2) is 69.2 Å². The van der Waals surface area contributed by atoms with Gasteiger partial charge in [0.1, 0.15) is 18.2 Å². The smallest absolute Gasteiger partial charge is 0.354 e. The first-order valence-electron chi connectivity index (χ1n) is 11.2. The van der Waals surface area contributed by atoms with E-state index in [2.05, 4.69) is 23.7 Å². The van der Waals surface area contributed by atoms with E-state index in [4.69, 9.17) is 14.6 Å². The summed E-state index contributed by atoms with van der Waals surface area (Å²) in [5.74, 6) is -1.08. The third kappa shape index (κ3) is 4.69. The molecule has 0 saturated carbocycles. The summed E-state index contributed by atoms with van der Waals surface area (Å²) in [6, 6.07) is 7.67. The molecule has 1 unspecified atom stereocenters. The van der Waals surface area contributed by atoms with Crippen molar-refractivity contribution in [2.45, 2.75) is 45.7 Å². The molecule has 3 heterocycles. The average Bonchev–Trinajstić information content (AvgIpc) is 3.18. The van der Waals surface area contributed by atoms with Gasteiger partial charge in [0.05, 0.1) is 36.0 Å². The number of carboxylic acids is 1. The highest BCUT2D eigenvalue weighted by Crippen LogP contribution is 2.34. The average molecular weight is 457 g/mol. The van der Waals surface area contributed by atoms with Crippen LogP contribution in [0.3, 0.4) is 0 Å². The van der Waals surface area contributed by atoms with Gasteiger partial charge >= 0.3 is 5.97 Å². The molecule has 1 fully saturated rings. The van der Waals surface area contributed by atoms with E-state index < -0.39 is 5.97 Å². The molecule has 176 valence electrons.